The molecule has 0 fully saturated rings. The number of Topliss-reactive ketones (excluding diaryl/α,β-unsaturated/α-hetero) is 1. The van der Waals surface area contributed by atoms with Crippen LogP contribution in [-0.2, 0) is 11.3 Å². The van der Waals surface area contributed by atoms with Crippen LogP contribution in [-0.4, -0.2) is 41.4 Å². The molecule has 2 aromatic carbocycles. The Morgan fingerprint density at radius 3 is 2.48 bits per heavy atom. The highest BCUT2D eigenvalue weighted by Crippen LogP contribution is 2.24. The monoisotopic (exact) mass is 343 g/mol. The number of hydrogen-bond donors (Lipinski definition) is 3. The minimum Gasteiger partial charge on any atom is -0.494 e. The molecule has 0 amide bonds. The molecule has 25 heavy (non-hydrogen) atoms. The van der Waals surface area contributed by atoms with Crippen LogP contribution in [0.1, 0.15) is 19.4 Å². The van der Waals surface area contributed by atoms with Gasteiger partial charge in [-0.05, 0) is 42.7 Å². The Labute approximate surface area is 148 Å². The van der Waals surface area contributed by atoms with Gasteiger partial charge in [0, 0.05) is 6.54 Å². The number of carbonyl (C=O) groups excluding carboxylic acids is 1. The summed E-state index contributed by atoms with van der Waals surface area (Å²) in [5.41, 5.74) is 3.13. The molecule has 0 aliphatic heterocycles. The average Bonchev–Trinajstić information content (AvgIpc) is 2.62. The van der Waals surface area contributed by atoms with Crippen LogP contribution in [0.2, 0.25) is 0 Å². The number of hydrogen-bond acceptors (Lipinski definition) is 5. The molecular formula is C20H25NO4. The van der Waals surface area contributed by atoms with E-state index in [4.69, 9.17) is 9.84 Å². The first-order valence-electron chi connectivity index (χ1n) is 8.42. The third-order valence-corrected chi connectivity index (χ3v) is 3.94. The molecule has 2 aromatic rings. The quantitative estimate of drug-likeness (QED) is 0.650. The number of aliphatic hydroxyl groups excluding tert-OH is 2. The van der Waals surface area contributed by atoms with Crippen LogP contribution in [0.3, 0.4) is 0 Å². The molecule has 0 bridgehead atoms. The van der Waals surface area contributed by atoms with Gasteiger partial charge in [0.05, 0.1) is 18.8 Å². The number of benzene rings is 2. The van der Waals surface area contributed by atoms with Crippen LogP contribution in [0, 0.1) is 0 Å². The summed E-state index contributed by atoms with van der Waals surface area (Å²) in [6, 6.07) is 15.1. The fourth-order valence-corrected chi connectivity index (χ4v) is 2.63. The van der Waals surface area contributed by atoms with Crippen molar-refractivity contribution in [3.05, 3.63) is 54.1 Å². The molecule has 0 aromatic heterocycles. The van der Waals surface area contributed by atoms with Gasteiger partial charge in [0.15, 0.2) is 5.78 Å². The first-order chi connectivity index (χ1) is 12.0. The Morgan fingerprint density at radius 1 is 1.16 bits per heavy atom. The normalized spacial score (nSPS) is 13.3. The van der Waals surface area contributed by atoms with E-state index in [1.54, 1.807) is 0 Å². The minimum absolute atomic E-state index is 0.417. The molecule has 2 atom stereocenters. The predicted octanol–water partition coefficient (Wildman–Crippen LogP) is 2.15. The van der Waals surface area contributed by atoms with Crippen molar-refractivity contribution < 1.29 is 19.7 Å². The van der Waals surface area contributed by atoms with Crippen molar-refractivity contribution >= 4 is 5.78 Å². The molecule has 0 aliphatic rings. The lowest BCUT2D eigenvalue weighted by molar-refractivity contribution is -0.126. The zero-order valence-corrected chi connectivity index (χ0v) is 14.6. The van der Waals surface area contributed by atoms with Crippen LogP contribution < -0.4 is 10.1 Å². The Balaban J connectivity index is 2.04. The summed E-state index contributed by atoms with van der Waals surface area (Å²) in [6.07, 6.45) is -0.861. The second-order valence-corrected chi connectivity index (χ2v) is 5.88. The molecule has 2 rings (SSSR count). The van der Waals surface area contributed by atoms with E-state index in [-0.39, 0.29) is 0 Å². The van der Waals surface area contributed by atoms with Crippen molar-refractivity contribution in [1.82, 2.24) is 5.32 Å². The van der Waals surface area contributed by atoms with Gasteiger partial charge < -0.3 is 20.3 Å². The first-order valence-corrected chi connectivity index (χ1v) is 8.42. The highest BCUT2D eigenvalue weighted by atomic mass is 16.5. The lowest BCUT2D eigenvalue weighted by Gasteiger charge is -2.19. The predicted molar refractivity (Wildman–Crippen MR) is 97.4 cm³/mol. The zero-order chi connectivity index (χ0) is 18.2. The Morgan fingerprint density at radius 2 is 1.88 bits per heavy atom. The summed E-state index contributed by atoms with van der Waals surface area (Å²) in [6.45, 7) is 3.96. The summed E-state index contributed by atoms with van der Waals surface area (Å²) in [7, 11) is 0. The van der Waals surface area contributed by atoms with Gasteiger partial charge in [-0.25, -0.2) is 0 Å². The maximum atomic E-state index is 11.6. The van der Waals surface area contributed by atoms with Crippen molar-refractivity contribution in [3.63, 3.8) is 0 Å². The molecule has 134 valence electrons. The number of ketones is 1. The molecule has 0 saturated carbocycles. The van der Waals surface area contributed by atoms with Gasteiger partial charge in [-0.15, -0.1) is 0 Å². The number of ether oxygens (including phenoxy) is 1. The van der Waals surface area contributed by atoms with Gasteiger partial charge in [-0.3, -0.25) is 4.79 Å². The smallest absolute Gasteiger partial charge is 0.177 e. The van der Waals surface area contributed by atoms with Crippen molar-refractivity contribution in [3.8, 4) is 16.9 Å². The maximum Gasteiger partial charge on any atom is 0.177 e. The SMILES string of the molecule is CCOc1cccc(-c2ccc(CNC(C(=O)CO)C(C)O)cc2)c1. The number of aliphatic hydroxyl groups is 2. The van der Waals surface area contributed by atoms with Crippen LogP contribution in [0.25, 0.3) is 11.1 Å². The largest absolute Gasteiger partial charge is 0.494 e. The molecule has 5 heteroatoms. The highest BCUT2D eigenvalue weighted by Gasteiger charge is 2.21. The van der Waals surface area contributed by atoms with Crippen LogP contribution in [0.4, 0.5) is 0 Å². The second kappa shape index (κ2) is 9.32. The van der Waals surface area contributed by atoms with E-state index in [0.717, 1.165) is 22.4 Å². The molecule has 0 spiro atoms. The second-order valence-electron chi connectivity index (χ2n) is 5.88. The number of rotatable bonds is 9. The molecule has 3 N–H and O–H groups in total. The highest BCUT2D eigenvalue weighted by molar-refractivity contribution is 5.85. The van der Waals surface area contributed by atoms with Crippen LogP contribution >= 0.6 is 0 Å². The van der Waals surface area contributed by atoms with E-state index in [1.165, 1.54) is 6.92 Å². The maximum absolute atomic E-state index is 11.6. The van der Waals surface area contributed by atoms with Gasteiger partial charge in [-0.1, -0.05) is 36.4 Å². The number of carbonyl (C=O) groups is 1. The van der Waals surface area contributed by atoms with Gasteiger partial charge in [0.2, 0.25) is 0 Å². The summed E-state index contributed by atoms with van der Waals surface area (Å²) >= 11 is 0. The van der Waals surface area contributed by atoms with Crippen LogP contribution in [0.5, 0.6) is 5.75 Å². The van der Waals surface area contributed by atoms with Gasteiger partial charge in [0.1, 0.15) is 12.4 Å². The van der Waals surface area contributed by atoms with E-state index >= 15 is 0 Å². The van der Waals surface area contributed by atoms with Gasteiger partial charge in [-0.2, -0.15) is 0 Å². The first kappa shape index (κ1) is 19.1. The van der Waals surface area contributed by atoms with E-state index in [1.807, 2.05) is 55.5 Å². The van der Waals surface area contributed by atoms with Crippen molar-refractivity contribution in [2.45, 2.75) is 32.5 Å². The average molecular weight is 343 g/mol. The van der Waals surface area contributed by atoms with Crippen LogP contribution in [0.15, 0.2) is 48.5 Å². The molecule has 0 heterocycles. The molecule has 0 aliphatic carbocycles. The van der Waals surface area contributed by atoms with E-state index < -0.39 is 24.5 Å². The van der Waals surface area contributed by atoms with E-state index in [0.29, 0.717) is 13.2 Å². The topological polar surface area (TPSA) is 78.8 Å². The third-order valence-electron chi connectivity index (χ3n) is 3.94. The summed E-state index contributed by atoms with van der Waals surface area (Å²) in [5, 5.41) is 21.6. The van der Waals surface area contributed by atoms with Crippen molar-refractivity contribution in [2.24, 2.45) is 0 Å². The summed E-state index contributed by atoms with van der Waals surface area (Å²) in [4.78, 5) is 11.6. The fourth-order valence-electron chi connectivity index (χ4n) is 2.63. The van der Waals surface area contributed by atoms with Gasteiger partial charge >= 0.3 is 0 Å². The Hall–Kier alpha value is -2.21. The van der Waals surface area contributed by atoms with Gasteiger partial charge in [0.25, 0.3) is 0 Å². The molecule has 0 radical (unpaired) electrons. The molecular weight excluding hydrogens is 318 g/mol. The van der Waals surface area contributed by atoms with E-state index in [2.05, 4.69) is 5.32 Å². The third kappa shape index (κ3) is 5.39. The van der Waals surface area contributed by atoms with E-state index in [9.17, 15) is 9.90 Å². The molecule has 5 nitrogen and oxygen atoms in total. The number of nitrogens with one attached hydrogen (secondary N) is 1. The lowest BCUT2D eigenvalue weighted by atomic mass is 10.0. The molecule has 0 saturated heterocycles. The van der Waals surface area contributed by atoms with Crippen molar-refractivity contribution in [1.29, 1.82) is 0 Å². The fraction of sp³-hybridized carbons (Fsp3) is 0.350. The lowest BCUT2D eigenvalue weighted by Crippen LogP contribution is -2.45. The zero-order valence-electron chi connectivity index (χ0n) is 14.6. The summed E-state index contributed by atoms with van der Waals surface area (Å²) < 4.78 is 5.53. The summed E-state index contributed by atoms with van der Waals surface area (Å²) in [5.74, 6) is 0.424. The minimum atomic E-state index is -0.861. The Kier molecular flexibility index (Phi) is 7.13. The molecule has 2 unspecified atom stereocenters. The van der Waals surface area contributed by atoms with Crippen molar-refractivity contribution in [2.75, 3.05) is 13.2 Å². The standard InChI is InChI=1S/C20H25NO4/c1-3-25-18-6-4-5-17(11-18)16-9-7-15(8-10-16)12-21-20(14(2)23)19(24)13-22/h4-11,14,20-23H,3,12-13H2,1-2H3. The Bertz CT molecular complexity index is 682.